The van der Waals surface area contributed by atoms with E-state index in [2.05, 4.69) is 204 Å². The summed E-state index contributed by atoms with van der Waals surface area (Å²) in [6, 6.07) is 43.6. The number of hydrogen-bond acceptors (Lipinski definition) is 0. The van der Waals surface area contributed by atoms with Crippen LogP contribution in [-0.4, -0.2) is 3.21 Å². The Labute approximate surface area is 378 Å². The normalized spacial score (nSPS) is 15.6. The molecule has 0 saturated heterocycles. The zero-order chi connectivity index (χ0) is 37.9. The third-order valence-electron chi connectivity index (χ3n) is 10.2. The molecule has 1 unspecified atom stereocenters. The number of unbranched alkanes of at least 4 members (excludes halogenated alkanes) is 1. The Morgan fingerprint density at radius 1 is 0.750 bits per heavy atom. The Kier molecular flexibility index (Phi) is 18.2. The van der Waals surface area contributed by atoms with Gasteiger partial charge >= 0.3 is 141 Å². The second-order valence-corrected chi connectivity index (χ2v) is 17.7. The van der Waals surface area contributed by atoms with Crippen molar-refractivity contribution in [3.63, 3.8) is 0 Å². The van der Waals surface area contributed by atoms with Gasteiger partial charge in [-0.3, -0.25) is 6.08 Å². The summed E-state index contributed by atoms with van der Waals surface area (Å²) in [5.41, 5.74) is 11.9. The molecule has 0 fully saturated rings. The fraction of sp³-hybridized carbons (Fsp3) is 0.196. The standard InChI is InChI=1S/C31H29.C15H12Br2.C5H5.2ClH.Zr/c1-4-5-16-31(27-14-10-7-11-15-27)21-26-19-25-20-28(24-12-8-6-9-13-24)22(2)17-29(25)30(26)18-23(31)3;16-14-8-4-12(5-9-14)2-1-3-13-6-10-15(17)11-7-13;1-2-4-5-3-1;;;/h6-15,17-20H,4-5,16H2,1-3H3;4-11H,2-3H2;1-3H,4H2;2*1H;/q-1;;-1;;;+2. The van der Waals surface area contributed by atoms with Gasteiger partial charge in [-0.25, -0.2) is 12.2 Å². The molecule has 0 nitrogen and oxygen atoms in total. The molecule has 0 spiro atoms. The maximum Gasteiger partial charge on any atom is -0.0144 e. The van der Waals surface area contributed by atoms with Gasteiger partial charge in [-0.15, -0.1) is 42.9 Å². The first-order valence-electron chi connectivity index (χ1n) is 18.8. The molecule has 1 atom stereocenters. The third kappa shape index (κ3) is 11.8. The molecular formula is C51H48Br2Cl2Zr. The van der Waals surface area contributed by atoms with Gasteiger partial charge < -0.3 is 0 Å². The van der Waals surface area contributed by atoms with Crippen LogP contribution in [-0.2, 0) is 42.5 Å². The number of halogens is 4. The quantitative estimate of drug-likeness (QED) is 0.129. The maximum absolute atomic E-state index is 4.01. The van der Waals surface area contributed by atoms with E-state index in [1.54, 1.807) is 3.21 Å². The van der Waals surface area contributed by atoms with E-state index >= 15 is 0 Å². The largest absolute Gasteiger partial charge is 0.273 e. The number of fused-ring (bicyclic) bond motifs is 2. The minimum absolute atomic E-state index is 0. The molecule has 0 radical (unpaired) electrons. The van der Waals surface area contributed by atoms with Crippen molar-refractivity contribution in [2.24, 2.45) is 0 Å². The maximum atomic E-state index is 4.01. The topological polar surface area (TPSA) is 0 Å². The van der Waals surface area contributed by atoms with Crippen LogP contribution in [0.5, 0.6) is 0 Å². The number of hydrogen-bond donors (Lipinski definition) is 0. The fourth-order valence-electron chi connectivity index (χ4n) is 7.28. The van der Waals surface area contributed by atoms with Gasteiger partial charge in [0.2, 0.25) is 0 Å². The smallest absolute Gasteiger partial charge is 0.0144 e. The van der Waals surface area contributed by atoms with Gasteiger partial charge in [0, 0.05) is 0 Å². The van der Waals surface area contributed by atoms with E-state index < -0.39 is 0 Å². The summed E-state index contributed by atoms with van der Waals surface area (Å²) in [5, 5.41) is 2.65. The Balaban J connectivity index is 0.000000236. The van der Waals surface area contributed by atoms with Crippen molar-refractivity contribution >= 4 is 71.5 Å². The van der Waals surface area contributed by atoms with E-state index in [0.29, 0.717) is 0 Å². The Morgan fingerprint density at radius 2 is 1.34 bits per heavy atom. The van der Waals surface area contributed by atoms with Gasteiger partial charge in [-0.05, 0) is 47.9 Å². The second kappa shape index (κ2) is 22.3. The molecule has 0 amide bonds. The van der Waals surface area contributed by atoms with Crippen molar-refractivity contribution in [2.45, 2.75) is 64.7 Å². The third-order valence-corrected chi connectivity index (χ3v) is 12.1. The first kappa shape index (κ1) is 45.8. The van der Waals surface area contributed by atoms with Gasteiger partial charge in [-0.1, -0.05) is 109 Å². The van der Waals surface area contributed by atoms with Crippen LogP contribution in [0.15, 0.2) is 166 Å². The van der Waals surface area contributed by atoms with Crippen molar-refractivity contribution in [3.8, 4) is 11.1 Å². The van der Waals surface area contributed by atoms with Crippen LogP contribution >= 0.6 is 56.7 Å². The van der Waals surface area contributed by atoms with Crippen LogP contribution in [0.1, 0.15) is 61.8 Å². The minimum atomic E-state index is -0.133. The van der Waals surface area contributed by atoms with Crippen LogP contribution in [0, 0.1) is 19.1 Å². The summed E-state index contributed by atoms with van der Waals surface area (Å²) in [7, 11) is 0. The predicted octanol–water partition coefficient (Wildman–Crippen LogP) is 13.3. The number of aryl methyl sites for hydroxylation is 1. The zero-order valence-corrected chi connectivity index (χ0v) is 39.5. The number of allylic oxidation sites excluding steroid dienone is 8. The minimum Gasteiger partial charge on any atom is -0.273 e. The average Bonchev–Trinajstić information content (AvgIpc) is 3.89. The molecule has 56 heavy (non-hydrogen) atoms. The van der Waals surface area contributed by atoms with Crippen molar-refractivity contribution < 1.29 is 24.2 Å². The van der Waals surface area contributed by atoms with Crippen molar-refractivity contribution in [2.75, 3.05) is 0 Å². The molecule has 3 aliphatic rings. The SMILES string of the molecule is Brc1ccc(C[C](=[Zr+2])Cc2ccc(Br)cc2)cc1.CCCCC1(c2ccccc2)[C-]=C2C=c3cc(-c4ccccc4)c(C)cc3=C2C=C1C.Cl.Cl.[C-]1=CC=CC1. The van der Waals surface area contributed by atoms with E-state index in [1.807, 2.05) is 12.2 Å². The summed E-state index contributed by atoms with van der Waals surface area (Å²) >= 11 is 8.46. The Morgan fingerprint density at radius 3 is 1.86 bits per heavy atom. The van der Waals surface area contributed by atoms with E-state index in [0.717, 1.165) is 34.6 Å². The van der Waals surface area contributed by atoms with E-state index in [4.69, 9.17) is 0 Å². The summed E-state index contributed by atoms with van der Waals surface area (Å²) in [5.74, 6) is 0. The average molecular weight is 983 g/mol. The van der Waals surface area contributed by atoms with Crippen LogP contribution in [0.3, 0.4) is 0 Å². The van der Waals surface area contributed by atoms with E-state index in [9.17, 15) is 0 Å². The molecule has 0 aromatic heterocycles. The molecule has 5 aromatic carbocycles. The van der Waals surface area contributed by atoms with Gasteiger partial charge in [0.05, 0.1) is 0 Å². The molecule has 0 heterocycles. The number of rotatable bonds is 9. The monoisotopic (exact) mass is 978 g/mol. The van der Waals surface area contributed by atoms with Gasteiger partial charge in [0.1, 0.15) is 0 Å². The van der Waals surface area contributed by atoms with E-state index in [-0.39, 0.29) is 30.2 Å². The van der Waals surface area contributed by atoms with Crippen molar-refractivity contribution in [1.29, 1.82) is 0 Å². The first-order valence-corrected chi connectivity index (χ1v) is 21.7. The number of benzene rings is 5. The fourth-order valence-corrected chi connectivity index (χ4v) is 8.81. The molecule has 0 N–H and O–H groups in total. The summed E-state index contributed by atoms with van der Waals surface area (Å²) in [6.45, 7) is 6.79. The Bertz CT molecular complexity index is 2260. The van der Waals surface area contributed by atoms with Gasteiger partial charge in [0.15, 0.2) is 0 Å². The molecule has 8 rings (SSSR count). The predicted molar refractivity (Wildman–Crippen MR) is 249 cm³/mol. The molecule has 284 valence electrons. The first-order chi connectivity index (χ1) is 26.3. The molecule has 3 aliphatic carbocycles. The van der Waals surface area contributed by atoms with Crippen LogP contribution < -0.4 is 10.4 Å². The molecule has 0 bridgehead atoms. The Hall–Kier alpha value is -2.91. The second-order valence-electron chi connectivity index (χ2n) is 14.1. The summed E-state index contributed by atoms with van der Waals surface area (Å²) < 4.78 is 3.86. The van der Waals surface area contributed by atoms with Gasteiger partial charge in [0.25, 0.3) is 0 Å². The van der Waals surface area contributed by atoms with E-state index in [1.165, 1.54) is 97.6 Å². The zero-order valence-electron chi connectivity index (χ0n) is 32.2. The molecule has 5 heteroatoms. The molecule has 0 aliphatic heterocycles. The molecule has 0 saturated carbocycles. The summed E-state index contributed by atoms with van der Waals surface area (Å²) in [4.78, 5) is 0. The van der Waals surface area contributed by atoms with Crippen LogP contribution in [0.4, 0.5) is 0 Å². The molecule has 5 aromatic rings. The molecular weight excluding hydrogens is 934 g/mol. The van der Waals surface area contributed by atoms with Crippen LogP contribution in [0.25, 0.3) is 22.8 Å². The van der Waals surface area contributed by atoms with Crippen molar-refractivity contribution in [3.05, 3.63) is 211 Å². The summed E-state index contributed by atoms with van der Waals surface area (Å²) in [6.07, 6.45) is 24.5. The van der Waals surface area contributed by atoms with Crippen molar-refractivity contribution in [1.82, 2.24) is 0 Å². The van der Waals surface area contributed by atoms with Crippen LogP contribution in [0.2, 0.25) is 0 Å². The van der Waals surface area contributed by atoms with Gasteiger partial charge in [-0.2, -0.15) is 23.8 Å².